The molecular weight excluding hydrogens is 720 g/mol. The maximum atomic E-state index is 15.9. The van der Waals surface area contributed by atoms with Crippen molar-refractivity contribution in [1.29, 1.82) is 0 Å². The molecule has 0 aromatic heterocycles. The van der Waals surface area contributed by atoms with Crippen LogP contribution in [-0.2, 0) is 0 Å². The van der Waals surface area contributed by atoms with Crippen LogP contribution in [0.2, 0.25) is 0 Å². The number of fused-ring (bicyclic) bond motifs is 4. The van der Waals surface area contributed by atoms with Crippen LogP contribution >= 0.6 is 0 Å². The third kappa shape index (κ3) is 4.68. The van der Waals surface area contributed by atoms with E-state index in [0.29, 0.717) is 0 Å². The van der Waals surface area contributed by atoms with Gasteiger partial charge in [0.15, 0.2) is 0 Å². The SMILES string of the molecule is Cc1ccc(C)c(N2C(=O)N(c3cc(C)ccc3C)C3=CB4c5ccccc5N(c5ccccc5)c5cc6c7c(c54)N3C2=CB7c2ccccc2N6c2ccccc2)c1. The number of amides is 2. The van der Waals surface area contributed by atoms with Crippen molar-refractivity contribution in [3.63, 3.8) is 0 Å². The molecule has 0 radical (unpaired) electrons. The lowest BCUT2D eigenvalue weighted by atomic mass is 9.32. The molecule has 1 fully saturated rings. The van der Waals surface area contributed by atoms with Crippen LogP contribution in [-0.4, -0.2) is 19.5 Å². The molecule has 7 aromatic carbocycles. The second-order valence-electron chi connectivity index (χ2n) is 16.4. The third-order valence-electron chi connectivity index (χ3n) is 12.9. The van der Waals surface area contributed by atoms with Crippen LogP contribution in [0.3, 0.4) is 0 Å². The summed E-state index contributed by atoms with van der Waals surface area (Å²) in [6.07, 6.45) is 0. The van der Waals surface area contributed by atoms with Crippen molar-refractivity contribution >= 4 is 92.5 Å². The lowest BCUT2D eigenvalue weighted by Crippen LogP contribution is -2.67. The first-order valence-corrected chi connectivity index (χ1v) is 20.5. The van der Waals surface area contributed by atoms with E-state index in [1.807, 2.05) is 9.80 Å². The average molecular weight is 760 g/mol. The number of para-hydroxylation sites is 4. The number of anilines is 9. The quantitative estimate of drug-likeness (QED) is 0.168. The number of urea groups is 1. The molecule has 0 aliphatic carbocycles. The fraction of sp³-hybridized carbons (Fsp3) is 0.0784. The summed E-state index contributed by atoms with van der Waals surface area (Å²) in [6.45, 7) is 8.19. The number of rotatable bonds is 4. The van der Waals surface area contributed by atoms with Crippen LogP contribution < -0.4 is 46.4 Å². The second-order valence-corrected chi connectivity index (χ2v) is 16.4. The number of hydrogen-bond donors (Lipinski definition) is 0. The van der Waals surface area contributed by atoms with E-state index in [4.69, 9.17) is 0 Å². The van der Waals surface area contributed by atoms with E-state index >= 15 is 4.79 Å². The number of benzene rings is 7. The lowest BCUT2D eigenvalue weighted by Gasteiger charge is -2.54. The minimum Gasteiger partial charge on any atom is -0.311 e. The minimum atomic E-state index is -0.122. The van der Waals surface area contributed by atoms with Crippen LogP contribution in [0.1, 0.15) is 22.3 Å². The summed E-state index contributed by atoms with van der Waals surface area (Å²) in [6, 6.07) is 54.4. The third-order valence-corrected chi connectivity index (χ3v) is 12.9. The van der Waals surface area contributed by atoms with Gasteiger partial charge in [0.1, 0.15) is 11.6 Å². The van der Waals surface area contributed by atoms with Crippen LogP contribution in [0.25, 0.3) is 0 Å². The van der Waals surface area contributed by atoms with Gasteiger partial charge < -0.3 is 9.80 Å². The molecule has 59 heavy (non-hydrogen) atoms. The van der Waals surface area contributed by atoms with Crippen molar-refractivity contribution in [2.24, 2.45) is 0 Å². The zero-order valence-corrected chi connectivity index (χ0v) is 33.4. The predicted molar refractivity (Wildman–Crippen MR) is 247 cm³/mol. The molecule has 8 heteroatoms. The average Bonchev–Trinajstić information content (AvgIpc) is 3.26. The van der Waals surface area contributed by atoms with Crippen molar-refractivity contribution in [2.45, 2.75) is 27.7 Å². The van der Waals surface area contributed by atoms with Gasteiger partial charge in [0.25, 0.3) is 0 Å². The molecule has 12 rings (SSSR count). The Labute approximate surface area is 345 Å². The van der Waals surface area contributed by atoms with E-state index < -0.39 is 0 Å². The lowest BCUT2D eigenvalue weighted by molar-refractivity contribution is 0.252. The summed E-state index contributed by atoms with van der Waals surface area (Å²) in [4.78, 5) is 27.2. The fourth-order valence-corrected chi connectivity index (χ4v) is 10.2. The highest BCUT2D eigenvalue weighted by Crippen LogP contribution is 2.51. The van der Waals surface area contributed by atoms with Crippen molar-refractivity contribution < 1.29 is 4.79 Å². The maximum absolute atomic E-state index is 15.9. The predicted octanol–water partition coefficient (Wildman–Crippen LogP) is 9.45. The van der Waals surface area contributed by atoms with Gasteiger partial charge >= 0.3 is 6.03 Å². The Bertz CT molecular complexity index is 2820. The first-order valence-electron chi connectivity index (χ1n) is 20.5. The monoisotopic (exact) mass is 759 g/mol. The molecule has 0 spiro atoms. The highest BCUT2D eigenvalue weighted by Gasteiger charge is 2.54. The number of hydrogen-bond acceptors (Lipinski definition) is 4. The van der Waals surface area contributed by atoms with Gasteiger partial charge in [-0.15, -0.1) is 0 Å². The summed E-state index contributed by atoms with van der Waals surface area (Å²) in [7, 11) is 0. The van der Waals surface area contributed by atoms with Crippen molar-refractivity contribution in [3.05, 3.63) is 198 Å². The van der Waals surface area contributed by atoms with Gasteiger partial charge in [0, 0.05) is 39.8 Å². The normalized spacial score (nSPS) is 15.5. The van der Waals surface area contributed by atoms with E-state index in [0.717, 1.165) is 85.1 Å². The first kappa shape index (κ1) is 33.9. The molecule has 5 aliphatic rings. The summed E-state index contributed by atoms with van der Waals surface area (Å²) in [5, 5.41) is 0. The summed E-state index contributed by atoms with van der Waals surface area (Å²) >= 11 is 0. The van der Waals surface area contributed by atoms with Gasteiger partial charge in [0.05, 0.1) is 11.4 Å². The number of aryl methyl sites for hydroxylation is 4. The van der Waals surface area contributed by atoms with Gasteiger partial charge in [0.2, 0.25) is 13.4 Å². The second kappa shape index (κ2) is 12.4. The van der Waals surface area contributed by atoms with Gasteiger partial charge in [-0.3, -0.25) is 4.90 Å². The minimum absolute atomic E-state index is 0.0885. The Kier molecular flexibility index (Phi) is 7.13. The van der Waals surface area contributed by atoms with Crippen LogP contribution in [0.15, 0.2) is 175 Å². The number of carbonyl (C=O) groups is 1. The van der Waals surface area contributed by atoms with Crippen LogP contribution in [0.4, 0.5) is 56.0 Å². The molecule has 0 bridgehead atoms. The fourth-order valence-electron chi connectivity index (χ4n) is 10.2. The van der Waals surface area contributed by atoms with Gasteiger partial charge in [-0.05, 0) is 126 Å². The smallest absolute Gasteiger partial charge is 0.311 e. The van der Waals surface area contributed by atoms with Crippen molar-refractivity contribution in [2.75, 3.05) is 24.5 Å². The molecule has 5 aliphatic heterocycles. The Hall–Kier alpha value is -7.18. The van der Waals surface area contributed by atoms with Gasteiger partial charge in [-0.25, -0.2) is 14.6 Å². The Morgan fingerprint density at radius 3 is 1.27 bits per heavy atom. The molecule has 0 atom stereocenters. The molecule has 1 saturated heterocycles. The largest absolute Gasteiger partial charge is 0.340 e. The Morgan fingerprint density at radius 2 is 0.814 bits per heavy atom. The molecule has 2 amide bonds. The van der Waals surface area contributed by atoms with E-state index in [2.05, 4.69) is 206 Å². The van der Waals surface area contributed by atoms with E-state index in [9.17, 15) is 0 Å². The standard InChI is InChI=1S/C51H39B2N5O/c1-32-23-25-34(3)42(27-32)56-46-30-52-38-19-11-13-21-40(38)54(36-15-7-5-8-16-36)44-29-45-49-50(48(44)52)58(46)47(57(51(56)59)43-28-33(2)24-26-35(43)4)31-53(49)39-20-12-14-22-41(39)55(45)37-17-9-6-10-18-37/h5-31H,1-4H3. The highest BCUT2D eigenvalue weighted by molar-refractivity contribution is 6.98. The van der Waals surface area contributed by atoms with E-state index in [1.165, 1.54) is 21.9 Å². The molecule has 7 aromatic rings. The number of nitrogens with zero attached hydrogens (tertiary/aromatic N) is 5. The topological polar surface area (TPSA) is 33.3 Å². The maximum Gasteiger partial charge on any atom is 0.340 e. The Balaban J connectivity index is 1.25. The highest BCUT2D eigenvalue weighted by atomic mass is 16.2. The zero-order valence-electron chi connectivity index (χ0n) is 33.4. The molecule has 0 unspecified atom stereocenters. The summed E-state index contributed by atoms with van der Waals surface area (Å²) < 4.78 is 0. The van der Waals surface area contributed by atoms with Crippen molar-refractivity contribution in [3.8, 4) is 0 Å². The van der Waals surface area contributed by atoms with Crippen LogP contribution in [0, 0.1) is 27.7 Å². The molecule has 0 saturated carbocycles. The van der Waals surface area contributed by atoms with Gasteiger partial charge in [-0.1, -0.05) is 109 Å². The molecule has 5 heterocycles. The van der Waals surface area contributed by atoms with Crippen LogP contribution in [0.5, 0.6) is 0 Å². The Morgan fingerprint density at radius 1 is 0.390 bits per heavy atom. The van der Waals surface area contributed by atoms with E-state index in [1.54, 1.807) is 0 Å². The number of carbonyl (C=O) groups excluding carboxylic acids is 1. The zero-order chi connectivity index (χ0) is 39.7. The summed E-state index contributed by atoms with van der Waals surface area (Å²) in [5.74, 6) is 6.44. The molecular formula is C51H39B2N5O. The van der Waals surface area contributed by atoms with E-state index in [-0.39, 0.29) is 19.5 Å². The molecule has 280 valence electrons. The molecule has 0 N–H and O–H groups in total. The van der Waals surface area contributed by atoms with Crippen molar-refractivity contribution in [1.82, 2.24) is 0 Å². The molecule has 6 nitrogen and oxygen atoms in total. The first-order chi connectivity index (χ1) is 28.9. The van der Waals surface area contributed by atoms with Gasteiger partial charge in [-0.2, -0.15) is 0 Å². The summed E-state index contributed by atoms with van der Waals surface area (Å²) in [5.41, 5.74) is 18.9.